The zero-order valence-electron chi connectivity index (χ0n) is 21.4. The Morgan fingerprint density at radius 3 is 2.74 bits per heavy atom. The third-order valence-electron chi connectivity index (χ3n) is 7.41. The van der Waals surface area contributed by atoms with E-state index in [9.17, 15) is 0 Å². The van der Waals surface area contributed by atoms with E-state index in [1.807, 2.05) is 48.5 Å². The summed E-state index contributed by atoms with van der Waals surface area (Å²) < 4.78 is 1.95. The van der Waals surface area contributed by atoms with E-state index in [-0.39, 0.29) is 0 Å². The minimum absolute atomic E-state index is 0.834. The first-order valence-corrected chi connectivity index (χ1v) is 13.2. The normalized spacial score (nSPS) is 14.2. The number of nitrogens with zero attached hydrogens (tertiary/aromatic N) is 7. The molecule has 7 rings (SSSR count). The summed E-state index contributed by atoms with van der Waals surface area (Å²) in [6, 6.07) is 8.40. The van der Waals surface area contributed by atoms with E-state index in [4.69, 9.17) is 4.98 Å². The number of H-pyrrole nitrogens is 2. The van der Waals surface area contributed by atoms with Crippen LogP contribution in [0.15, 0.2) is 61.6 Å². The fraction of sp³-hybridized carbons (Fsp3) is 0.276. The average Bonchev–Trinajstić information content (AvgIpc) is 3.74. The number of imidazole rings is 1. The van der Waals surface area contributed by atoms with Crippen molar-refractivity contribution in [1.82, 2.24) is 44.6 Å². The van der Waals surface area contributed by atoms with E-state index < -0.39 is 0 Å². The Balaban J connectivity index is 1.20. The standard InChI is InChI=1S/C29H29N9/c1-19-17-38(18-33-19)29-23-13-26(34-24(23)6-7-31-29)28-22-12-25(32-16-27(22)35-36-28)21-11-20(14-30-15-21)5-4-10-37-8-2-3-9-37/h6-7,11-18,34H,2-5,8-10H2,1H3,(H,35,36). The molecule has 0 bridgehead atoms. The zero-order valence-corrected chi connectivity index (χ0v) is 21.4. The van der Waals surface area contributed by atoms with Gasteiger partial charge in [0.05, 0.1) is 34.3 Å². The maximum absolute atomic E-state index is 4.72. The van der Waals surface area contributed by atoms with Crippen molar-refractivity contribution >= 4 is 21.8 Å². The topological polar surface area (TPSA) is 104 Å². The first kappa shape index (κ1) is 22.8. The molecule has 0 atom stereocenters. The molecule has 1 fully saturated rings. The van der Waals surface area contributed by atoms with Crippen LogP contribution in [0.3, 0.4) is 0 Å². The second kappa shape index (κ2) is 9.50. The number of nitrogens with one attached hydrogen (secondary N) is 2. The number of likely N-dealkylation sites (tertiary alicyclic amines) is 1. The number of aromatic amines is 2. The Bertz CT molecular complexity index is 1740. The van der Waals surface area contributed by atoms with Gasteiger partial charge >= 0.3 is 0 Å². The van der Waals surface area contributed by atoms with Crippen LogP contribution in [0.5, 0.6) is 0 Å². The number of aromatic nitrogens is 8. The van der Waals surface area contributed by atoms with E-state index in [1.165, 1.54) is 31.5 Å². The first-order chi connectivity index (χ1) is 18.7. The van der Waals surface area contributed by atoms with Crippen LogP contribution in [0.4, 0.5) is 0 Å². The van der Waals surface area contributed by atoms with E-state index in [0.29, 0.717) is 0 Å². The molecule has 0 amide bonds. The summed E-state index contributed by atoms with van der Waals surface area (Å²) in [7, 11) is 0. The molecule has 0 spiro atoms. The lowest BCUT2D eigenvalue weighted by atomic mass is 10.1. The minimum atomic E-state index is 0.834. The third-order valence-corrected chi connectivity index (χ3v) is 7.41. The fourth-order valence-electron chi connectivity index (χ4n) is 5.47. The van der Waals surface area contributed by atoms with Crippen LogP contribution in [-0.2, 0) is 6.42 Å². The molecule has 6 aromatic heterocycles. The van der Waals surface area contributed by atoms with Gasteiger partial charge in [-0.3, -0.25) is 19.6 Å². The first-order valence-electron chi connectivity index (χ1n) is 13.2. The lowest BCUT2D eigenvalue weighted by Gasteiger charge is -2.14. The lowest BCUT2D eigenvalue weighted by Crippen LogP contribution is -2.20. The summed E-state index contributed by atoms with van der Waals surface area (Å²) >= 11 is 0. The van der Waals surface area contributed by atoms with Crippen molar-refractivity contribution in [3.8, 4) is 28.5 Å². The summed E-state index contributed by atoms with van der Waals surface area (Å²) in [6.45, 7) is 5.62. The van der Waals surface area contributed by atoms with Gasteiger partial charge in [-0.05, 0) is 82.1 Å². The van der Waals surface area contributed by atoms with Gasteiger partial charge in [0.15, 0.2) is 0 Å². The van der Waals surface area contributed by atoms with Crippen molar-refractivity contribution < 1.29 is 0 Å². The summed E-state index contributed by atoms with van der Waals surface area (Å²) in [4.78, 5) is 24.3. The van der Waals surface area contributed by atoms with Gasteiger partial charge in [-0.1, -0.05) is 0 Å². The van der Waals surface area contributed by atoms with Crippen LogP contribution in [0, 0.1) is 6.92 Å². The van der Waals surface area contributed by atoms with Crippen molar-refractivity contribution in [3.05, 3.63) is 72.8 Å². The third kappa shape index (κ3) is 4.24. The number of pyridine rings is 3. The molecule has 2 N–H and O–H groups in total. The largest absolute Gasteiger partial charge is 0.353 e. The highest BCUT2D eigenvalue weighted by molar-refractivity contribution is 5.98. The number of aryl methyl sites for hydroxylation is 2. The van der Waals surface area contributed by atoms with Crippen LogP contribution >= 0.6 is 0 Å². The van der Waals surface area contributed by atoms with Gasteiger partial charge < -0.3 is 9.88 Å². The summed E-state index contributed by atoms with van der Waals surface area (Å²) in [6.07, 6.45) is 16.2. The predicted molar refractivity (Wildman–Crippen MR) is 148 cm³/mol. The van der Waals surface area contributed by atoms with Crippen LogP contribution in [0.1, 0.15) is 30.5 Å². The van der Waals surface area contributed by atoms with Gasteiger partial charge in [-0.15, -0.1) is 0 Å². The zero-order chi connectivity index (χ0) is 25.5. The Morgan fingerprint density at radius 1 is 0.947 bits per heavy atom. The predicted octanol–water partition coefficient (Wildman–Crippen LogP) is 5.09. The molecule has 1 aliphatic heterocycles. The highest BCUT2D eigenvalue weighted by Crippen LogP contribution is 2.32. The van der Waals surface area contributed by atoms with Gasteiger partial charge in [0.25, 0.3) is 0 Å². The van der Waals surface area contributed by atoms with Gasteiger partial charge in [-0.2, -0.15) is 5.10 Å². The van der Waals surface area contributed by atoms with Gasteiger partial charge in [0, 0.05) is 41.1 Å². The van der Waals surface area contributed by atoms with Crippen molar-refractivity contribution in [2.24, 2.45) is 0 Å². The maximum Gasteiger partial charge on any atom is 0.147 e. The molecule has 6 aromatic rings. The Labute approximate surface area is 220 Å². The van der Waals surface area contributed by atoms with Crippen LogP contribution in [-0.4, -0.2) is 64.2 Å². The molecule has 9 nitrogen and oxygen atoms in total. The lowest BCUT2D eigenvalue weighted by molar-refractivity contribution is 0.334. The van der Waals surface area contributed by atoms with Gasteiger partial charge in [0.1, 0.15) is 17.8 Å². The number of hydrogen-bond donors (Lipinski definition) is 2. The van der Waals surface area contributed by atoms with E-state index in [0.717, 1.165) is 75.3 Å². The molecule has 38 heavy (non-hydrogen) atoms. The van der Waals surface area contributed by atoms with Crippen molar-refractivity contribution in [2.75, 3.05) is 19.6 Å². The van der Waals surface area contributed by atoms with Crippen LogP contribution in [0.25, 0.3) is 50.3 Å². The molecule has 0 aliphatic carbocycles. The fourth-order valence-corrected chi connectivity index (χ4v) is 5.47. The van der Waals surface area contributed by atoms with E-state index >= 15 is 0 Å². The van der Waals surface area contributed by atoms with E-state index in [2.05, 4.69) is 53.2 Å². The number of hydrogen-bond acceptors (Lipinski definition) is 6. The second-order valence-electron chi connectivity index (χ2n) is 10.1. The minimum Gasteiger partial charge on any atom is -0.353 e. The molecule has 0 aromatic carbocycles. The number of fused-ring (bicyclic) bond motifs is 2. The van der Waals surface area contributed by atoms with Crippen molar-refractivity contribution in [3.63, 3.8) is 0 Å². The van der Waals surface area contributed by atoms with Gasteiger partial charge in [-0.25, -0.2) is 9.97 Å². The average molecular weight is 504 g/mol. The Kier molecular flexibility index (Phi) is 5.70. The van der Waals surface area contributed by atoms with Crippen molar-refractivity contribution in [2.45, 2.75) is 32.6 Å². The van der Waals surface area contributed by atoms with Crippen LogP contribution < -0.4 is 0 Å². The summed E-state index contributed by atoms with van der Waals surface area (Å²) in [5.41, 5.74) is 7.76. The second-order valence-corrected chi connectivity index (χ2v) is 10.1. The molecule has 190 valence electrons. The monoisotopic (exact) mass is 503 g/mol. The molecule has 1 aliphatic rings. The summed E-state index contributed by atoms with van der Waals surface area (Å²) in [5, 5.41) is 9.80. The van der Waals surface area contributed by atoms with Crippen LogP contribution in [0.2, 0.25) is 0 Å². The molecule has 0 radical (unpaired) electrons. The van der Waals surface area contributed by atoms with Gasteiger partial charge in [0.2, 0.25) is 0 Å². The number of rotatable bonds is 7. The molecule has 9 heteroatoms. The smallest absolute Gasteiger partial charge is 0.147 e. The summed E-state index contributed by atoms with van der Waals surface area (Å²) in [5.74, 6) is 0.834. The molecule has 0 unspecified atom stereocenters. The Hall–Kier alpha value is -4.37. The molecule has 1 saturated heterocycles. The quantitative estimate of drug-likeness (QED) is 0.315. The maximum atomic E-state index is 4.72. The highest BCUT2D eigenvalue weighted by atomic mass is 15.1. The molecule has 0 saturated carbocycles. The molecule has 7 heterocycles. The molecular weight excluding hydrogens is 474 g/mol. The molecular formula is C29H29N9. The SMILES string of the molecule is Cc1cn(-c2nccc3[nH]c(-c4n[nH]c5cnc(-c6cncc(CCCN7CCCC7)c6)cc45)cc23)cn1. The highest BCUT2D eigenvalue weighted by Gasteiger charge is 2.16. The van der Waals surface area contributed by atoms with Crippen molar-refractivity contribution in [1.29, 1.82) is 0 Å². The Morgan fingerprint density at radius 2 is 1.87 bits per heavy atom. The van der Waals surface area contributed by atoms with E-state index in [1.54, 1.807) is 6.33 Å².